The van der Waals surface area contributed by atoms with Gasteiger partial charge in [-0.2, -0.15) is 0 Å². The Bertz CT molecular complexity index is 795. The van der Waals surface area contributed by atoms with Crippen molar-refractivity contribution >= 4 is 40.4 Å². The van der Waals surface area contributed by atoms with E-state index in [1.165, 1.54) is 5.56 Å². The SMILES string of the molecule is CCc1ccsc1-c1onc(N)c1-c1ccc(Cl)c(Cl)c1. The molecule has 0 amide bonds. The van der Waals surface area contributed by atoms with Crippen molar-refractivity contribution in [1.82, 2.24) is 5.16 Å². The molecule has 0 aliphatic heterocycles. The van der Waals surface area contributed by atoms with Gasteiger partial charge in [0.25, 0.3) is 0 Å². The van der Waals surface area contributed by atoms with Crippen molar-refractivity contribution in [3.8, 4) is 21.8 Å². The topological polar surface area (TPSA) is 52.0 Å². The highest BCUT2D eigenvalue weighted by atomic mass is 35.5. The lowest BCUT2D eigenvalue weighted by molar-refractivity contribution is 0.436. The number of nitrogen functional groups attached to an aromatic ring is 1. The van der Waals surface area contributed by atoms with Gasteiger partial charge in [0, 0.05) is 0 Å². The molecule has 0 aliphatic carbocycles. The van der Waals surface area contributed by atoms with Gasteiger partial charge in [0.05, 0.1) is 20.5 Å². The van der Waals surface area contributed by atoms with Gasteiger partial charge in [0.2, 0.25) is 0 Å². The lowest BCUT2D eigenvalue weighted by Crippen LogP contribution is -1.89. The van der Waals surface area contributed by atoms with E-state index in [4.69, 9.17) is 33.5 Å². The number of aromatic nitrogens is 1. The summed E-state index contributed by atoms with van der Waals surface area (Å²) in [6, 6.07) is 7.46. The van der Waals surface area contributed by atoms with Crippen LogP contribution >= 0.6 is 34.5 Å². The molecule has 3 rings (SSSR count). The second-order valence-electron chi connectivity index (χ2n) is 4.53. The standard InChI is InChI=1S/C15H12Cl2N2OS/c1-2-8-5-6-21-14(8)13-12(15(18)19-20-13)9-3-4-10(16)11(17)7-9/h3-7H,2H2,1H3,(H2,18,19). The normalized spacial score (nSPS) is 11.0. The maximum atomic E-state index is 6.10. The van der Waals surface area contributed by atoms with Crippen LogP contribution in [0.25, 0.3) is 21.8 Å². The Labute approximate surface area is 136 Å². The monoisotopic (exact) mass is 338 g/mol. The number of nitrogens with zero attached hydrogens (tertiary/aromatic N) is 1. The van der Waals surface area contributed by atoms with E-state index in [2.05, 4.69) is 18.1 Å². The van der Waals surface area contributed by atoms with Gasteiger partial charge >= 0.3 is 0 Å². The highest BCUT2D eigenvalue weighted by Crippen LogP contribution is 2.41. The molecular weight excluding hydrogens is 327 g/mol. The summed E-state index contributed by atoms with van der Waals surface area (Å²) < 4.78 is 5.47. The van der Waals surface area contributed by atoms with Crippen LogP contribution in [-0.4, -0.2) is 5.16 Å². The van der Waals surface area contributed by atoms with E-state index >= 15 is 0 Å². The summed E-state index contributed by atoms with van der Waals surface area (Å²) in [6.45, 7) is 2.10. The van der Waals surface area contributed by atoms with Gasteiger partial charge in [-0.3, -0.25) is 0 Å². The molecular formula is C15H12Cl2N2OS. The van der Waals surface area contributed by atoms with E-state index in [-0.39, 0.29) is 0 Å². The number of nitrogens with two attached hydrogens (primary N) is 1. The number of halogens is 2. The second-order valence-corrected chi connectivity index (χ2v) is 6.26. The summed E-state index contributed by atoms with van der Waals surface area (Å²) in [5.74, 6) is 1.02. The molecule has 2 heterocycles. The summed E-state index contributed by atoms with van der Waals surface area (Å²) in [7, 11) is 0. The van der Waals surface area contributed by atoms with E-state index < -0.39 is 0 Å². The largest absolute Gasteiger partial charge is 0.380 e. The molecule has 3 nitrogen and oxygen atoms in total. The molecule has 0 aliphatic rings. The average molecular weight is 339 g/mol. The molecule has 0 atom stereocenters. The Morgan fingerprint density at radius 3 is 2.76 bits per heavy atom. The molecule has 0 saturated heterocycles. The minimum Gasteiger partial charge on any atom is -0.380 e. The van der Waals surface area contributed by atoms with Crippen LogP contribution in [0.3, 0.4) is 0 Å². The summed E-state index contributed by atoms with van der Waals surface area (Å²) in [4.78, 5) is 1.04. The second kappa shape index (κ2) is 5.72. The fraction of sp³-hybridized carbons (Fsp3) is 0.133. The summed E-state index contributed by atoms with van der Waals surface area (Å²) in [6.07, 6.45) is 0.917. The van der Waals surface area contributed by atoms with Crippen LogP contribution in [0.1, 0.15) is 12.5 Å². The summed E-state index contributed by atoms with van der Waals surface area (Å²) in [5.41, 5.74) is 8.79. The fourth-order valence-corrected chi connectivity index (χ4v) is 3.48. The first kappa shape index (κ1) is 14.4. The van der Waals surface area contributed by atoms with Gasteiger partial charge in [0.1, 0.15) is 0 Å². The molecule has 0 radical (unpaired) electrons. The Kier molecular flexibility index (Phi) is 3.93. The molecule has 6 heteroatoms. The van der Waals surface area contributed by atoms with Gasteiger partial charge in [0.15, 0.2) is 11.6 Å². The maximum absolute atomic E-state index is 6.10. The third-order valence-electron chi connectivity index (χ3n) is 3.26. The van der Waals surface area contributed by atoms with Crippen LogP contribution in [0.5, 0.6) is 0 Å². The van der Waals surface area contributed by atoms with Gasteiger partial charge in [-0.25, -0.2) is 0 Å². The predicted octanol–water partition coefficient (Wildman–Crippen LogP) is 5.52. The Hall–Kier alpha value is -1.49. The molecule has 0 bridgehead atoms. The number of rotatable bonds is 3. The van der Waals surface area contributed by atoms with E-state index in [9.17, 15) is 0 Å². The van der Waals surface area contributed by atoms with Crippen molar-refractivity contribution in [2.24, 2.45) is 0 Å². The zero-order valence-electron chi connectivity index (χ0n) is 11.2. The summed E-state index contributed by atoms with van der Waals surface area (Å²) >= 11 is 13.7. The van der Waals surface area contributed by atoms with Crippen LogP contribution in [0.15, 0.2) is 34.2 Å². The van der Waals surface area contributed by atoms with Crippen molar-refractivity contribution in [2.45, 2.75) is 13.3 Å². The first-order chi connectivity index (χ1) is 10.1. The van der Waals surface area contributed by atoms with Gasteiger partial charge in [-0.15, -0.1) is 11.3 Å². The molecule has 0 spiro atoms. The minimum atomic E-state index is 0.346. The van der Waals surface area contributed by atoms with Crippen LogP contribution in [0, 0.1) is 0 Å². The lowest BCUT2D eigenvalue weighted by atomic mass is 10.0. The van der Waals surface area contributed by atoms with Crippen LogP contribution < -0.4 is 5.73 Å². The zero-order chi connectivity index (χ0) is 15.0. The molecule has 0 saturated carbocycles. The van der Waals surface area contributed by atoms with Gasteiger partial charge < -0.3 is 10.3 Å². The van der Waals surface area contributed by atoms with Crippen molar-refractivity contribution in [2.75, 3.05) is 5.73 Å². The number of hydrogen-bond donors (Lipinski definition) is 1. The maximum Gasteiger partial charge on any atom is 0.187 e. The number of anilines is 1. The van der Waals surface area contributed by atoms with Gasteiger partial charge in [-0.05, 0) is 41.1 Å². The highest BCUT2D eigenvalue weighted by Gasteiger charge is 2.21. The Balaban J connectivity index is 2.19. The molecule has 3 aromatic rings. The van der Waals surface area contributed by atoms with Crippen molar-refractivity contribution in [3.63, 3.8) is 0 Å². The minimum absolute atomic E-state index is 0.346. The highest BCUT2D eigenvalue weighted by molar-refractivity contribution is 7.13. The number of hydrogen-bond acceptors (Lipinski definition) is 4. The first-order valence-corrected chi connectivity index (χ1v) is 8.02. The van der Waals surface area contributed by atoms with Crippen LogP contribution in [0.4, 0.5) is 5.82 Å². The molecule has 2 aromatic heterocycles. The summed E-state index contributed by atoms with van der Waals surface area (Å²) in [5, 5.41) is 6.92. The third-order valence-corrected chi connectivity index (χ3v) is 4.96. The Morgan fingerprint density at radius 1 is 1.24 bits per heavy atom. The van der Waals surface area contributed by atoms with Crippen molar-refractivity contribution < 1.29 is 4.52 Å². The van der Waals surface area contributed by atoms with Crippen molar-refractivity contribution in [1.29, 1.82) is 0 Å². The molecule has 108 valence electrons. The first-order valence-electron chi connectivity index (χ1n) is 6.39. The number of thiophene rings is 1. The fourth-order valence-electron chi connectivity index (χ4n) is 2.20. The number of aryl methyl sites for hydroxylation is 1. The average Bonchev–Trinajstić information content (AvgIpc) is 3.07. The van der Waals surface area contributed by atoms with E-state index in [0.717, 1.165) is 22.4 Å². The van der Waals surface area contributed by atoms with E-state index in [1.54, 1.807) is 23.5 Å². The number of benzene rings is 1. The van der Waals surface area contributed by atoms with Crippen LogP contribution in [-0.2, 0) is 6.42 Å². The molecule has 0 unspecified atom stereocenters. The van der Waals surface area contributed by atoms with Crippen LogP contribution in [0.2, 0.25) is 10.0 Å². The molecule has 2 N–H and O–H groups in total. The molecule has 21 heavy (non-hydrogen) atoms. The smallest absolute Gasteiger partial charge is 0.187 e. The predicted molar refractivity (Wildman–Crippen MR) is 89.1 cm³/mol. The third kappa shape index (κ3) is 2.55. The lowest BCUT2D eigenvalue weighted by Gasteiger charge is -2.04. The quantitative estimate of drug-likeness (QED) is 0.683. The van der Waals surface area contributed by atoms with E-state index in [0.29, 0.717) is 21.6 Å². The Morgan fingerprint density at radius 2 is 2.05 bits per heavy atom. The molecule has 1 aromatic carbocycles. The van der Waals surface area contributed by atoms with Crippen molar-refractivity contribution in [3.05, 3.63) is 45.3 Å². The zero-order valence-corrected chi connectivity index (χ0v) is 13.5. The molecule has 0 fully saturated rings. The van der Waals surface area contributed by atoms with Gasteiger partial charge in [-0.1, -0.05) is 41.3 Å². The van der Waals surface area contributed by atoms with E-state index in [1.807, 2.05) is 11.4 Å².